The Balaban J connectivity index is 2.20. The molecule has 0 aliphatic heterocycles. The van der Waals surface area contributed by atoms with Gasteiger partial charge in [-0.3, -0.25) is 0 Å². The SMILES string of the molecule is O=C(O)c1cc(F)c(NCc2ccco2)c(F)c1. The van der Waals surface area contributed by atoms with Crippen molar-refractivity contribution in [2.75, 3.05) is 5.32 Å². The summed E-state index contributed by atoms with van der Waals surface area (Å²) in [7, 11) is 0. The molecule has 94 valence electrons. The maximum Gasteiger partial charge on any atom is 0.335 e. The molecule has 0 atom stereocenters. The second-order valence-corrected chi connectivity index (χ2v) is 3.55. The number of aromatic carboxylic acids is 1. The van der Waals surface area contributed by atoms with E-state index < -0.39 is 23.2 Å². The van der Waals surface area contributed by atoms with Crippen molar-refractivity contribution < 1.29 is 23.1 Å². The zero-order valence-corrected chi connectivity index (χ0v) is 9.11. The number of furan rings is 1. The summed E-state index contributed by atoms with van der Waals surface area (Å²) < 4.78 is 32.0. The van der Waals surface area contributed by atoms with Gasteiger partial charge in [0.25, 0.3) is 0 Å². The molecule has 0 radical (unpaired) electrons. The van der Waals surface area contributed by atoms with Gasteiger partial charge in [0, 0.05) is 0 Å². The van der Waals surface area contributed by atoms with Gasteiger partial charge >= 0.3 is 5.97 Å². The van der Waals surface area contributed by atoms with Gasteiger partial charge in [-0.2, -0.15) is 0 Å². The van der Waals surface area contributed by atoms with E-state index in [9.17, 15) is 13.6 Å². The summed E-state index contributed by atoms with van der Waals surface area (Å²) in [5, 5.41) is 11.1. The molecule has 1 aromatic carbocycles. The first kappa shape index (κ1) is 12.1. The molecule has 1 aromatic heterocycles. The van der Waals surface area contributed by atoms with E-state index in [1.807, 2.05) is 0 Å². The predicted molar refractivity (Wildman–Crippen MR) is 59.4 cm³/mol. The Morgan fingerprint density at radius 3 is 2.50 bits per heavy atom. The van der Waals surface area contributed by atoms with E-state index >= 15 is 0 Å². The Morgan fingerprint density at radius 2 is 2.00 bits per heavy atom. The van der Waals surface area contributed by atoms with Crippen molar-refractivity contribution in [1.82, 2.24) is 0 Å². The van der Waals surface area contributed by atoms with E-state index in [-0.39, 0.29) is 12.2 Å². The van der Waals surface area contributed by atoms with Crippen molar-refractivity contribution in [2.24, 2.45) is 0 Å². The lowest BCUT2D eigenvalue weighted by Gasteiger charge is -2.08. The van der Waals surface area contributed by atoms with Crippen LogP contribution in [0.3, 0.4) is 0 Å². The lowest BCUT2D eigenvalue weighted by Crippen LogP contribution is -2.06. The normalized spacial score (nSPS) is 10.3. The number of carboxylic acids is 1. The highest BCUT2D eigenvalue weighted by atomic mass is 19.1. The quantitative estimate of drug-likeness (QED) is 0.879. The zero-order chi connectivity index (χ0) is 13.1. The predicted octanol–water partition coefficient (Wildman–Crippen LogP) is 2.87. The highest BCUT2D eigenvalue weighted by Crippen LogP contribution is 2.21. The zero-order valence-electron chi connectivity index (χ0n) is 9.11. The standard InChI is InChI=1S/C12H9F2NO3/c13-9-4-7(12(16)17)5-10(14)11(9)15-6-8-2-1-3-18-8/h1-5,15H,6H2,(H,16,17). The minimum atomic E-state index is -1.38. The number of hydrogen-bond donors (Lipinski definition) is 2. The van der Waals surface area contributed by atoms with Crippen molar-refractivity contribution in [3.05, 3.63) is 53.5 Å². The third-order valence-electron chi connectivity index (χ3n) is 2.31. The van der Waals surface area contributed by atoms with Crippen LogP contribution in [0.15, 0.2) is 34.9 Å². The summed E-state index contributed by atoms with van der Waals surface area (Å²) in [6.45, 7) is 0.104. The number of nitrogens with one attached hydrogen (secondary N) is 1. The van der Waals surface area contributed by atoms with Gasteiger partial charge in [-0.15, -0.1) is 0 Å². The molecule has 0 saturated heterocycles. The third kappa shape index (κ3) is 2.48. The molecule has 4 nitrogen and oxygen atoms in total. The first-order chi connectivity index (χ1) is 8.58. The van der Waals surface area contributed by atoms with Gasteiger partial charge in [-0.1, -0.05) is 0 Å². The van der Waals surface area contributed by atoms with Gasteiger partial charge in [0.2, 0.25) is 0 Å². The molecular formula is C12H9F2NO3. The molecule has 0 unspecified atom stereocenters. The van der Waals surface area contributed by atoms with Gasteiger partial charge in [-0.05, 0) is 24.3 Å². The molecule has 0 bridgehead atoms. The van der Waals surface area contributed by atoms with Gasteiger partial charge in [0.15, 0.2) is 0 Å². The molecule has 1 heterocycles. The topological polar surface area (TPSA) is 62.5 Å². The van der Waals surface area contributed by atoms with Crippen LogP contribution in [-0.4, -0.2) is 11.1 Å². The van der Waals surface area contributed by atoms with Crippen molar-refractivity contribution in [3.8, 4) is 0 Å². The Labute approximate surface area is 101 Å². The van der Waals surface area contributed by atoms with Crippen molar-refractivity contribution in [2.45, 2.75) is 6.54 Å². The maximum atomic E-state index is 13.5. The van der Waals surface area contributed by atoms with Crippen LogP contribution in [-0.2, 0) is 6.54 Å². The van der Waals surface area contributed by atoms with Crippen molar-refractivity contribution >= 4 is 11.7 Å². The van der Waals surface area contributed by atoms with Crippen LogP contribution in [0.2, 0.25) is 0 Å². The van der Waals surface area contributed by atoms with Crippen LogP contribution in [0.25, 0.3) is 0 Å². The van der Waals surface area contributed by atoms with Crippen LogP contribution in [0.4, 0.5) is 14.5 Å². The molecule has 2 rings (SSSR count). The number of rotatable bonds is 4. The number of halogens is 2. The van der Waals surface area contributed by atoms with E-state index in [2.05, 4.69) is 5.32 Å². The third-order valence-corrected chi connectivity index (χ3v) is 2.31. The first-order valence-corrected chi connectivity index (χ1v) is 5.06. The van der Waals surface area contributed by atoms with Crippen LogP contribution < -0.4 is 5.32 Å². The number of carboxylic acid groups (broad SMARTS) is 1. The molecule has 0 spiro atoms. The fourth-order valence-electron chi connectivity index (χ4n) is 1.45. The van der Waals surface area contributed by atoms with Crippen LogP contribution in [0.5, 0.6) is 0 Å². The Kier molecular flexibility index (Phi) is 3.27. The van der Waals surface area contributed by atoms with Gasteiger partial charge < -0.3 is 14.8 Å². The summed E-state index contributed by atoms with van der Waals surface area (Å²) in [4.78, 5) is 10.6. The molecule has 2 aromatic rings. The van der Waals surface area contributed by atoms with Crippen LogP contribution >= 0.6 is 0 Å². The smallest absolute Gasteiger partial charge is 0.335 e. The lowest BCUT2D eigenvalue weighted by molar-refractivity contribution is 0.0696. The fraction of sp³-hybridized carbons (Fsp3) is 0.0833. The number of carbonyl (C=O) groups is 1. The molecular weight excluding hydrogens is 244 g/mol. The minimum Gasteiger partial charge on any atom is -0.478 e. The second kappa shape index (κ2) is 4.87. The number of anilines is 1. The molecule has 18 heavy (non-hydrogen) atoms. The van der Waals surface area contributed by atoms with E-state index in [0.29, 0.717) is 5.76 Å². The number of hydrogen-bond acceptors (Lipinski definition) is 3. The molecule has 0 aliphatic carbocycles. The van der Waals surface area contributed by atoms with Crippen molar-refractivity contribution in [1.29, 1.82) is 0 Å². The fourth-order valence-corrected chi connectivity index (χ4v) is 1.45. The summed E-state index contributed by atoms with van der Waals surface area (Å²) in [5.41, 5.74) is -0.815. The molecule has 0 saturated carbocycles. The summed E-state index contributed by atoms with van der Waals surface area (Å²) in [5.74, 6) is -2.79. The molecule has 0 aliphatic rings. The van der Waals surface area contributed by atoms with Crippen LogP contribution in [0.1, 0.15) is 16.1 Å². The van der Waals surface area contributed by atoms with Gasteiger partial charge in [-0.25, -0.2) is 13.6 Å². The van der Waals surface area contributed by atoms with E-state index in [1.165, 1.54) is 6.26 Å². The molecule has 2 N–H and O–H groups in total. The highest BCUT2D eigenvalue weighted by Gasteiger charge is 2.14. The minimum absolute atomic E-state index is 0.104. The molecule has 0 fully saturated rings. The van der Waals surface area contributed by atoms with Gasteiger partial charge in [0.05, 0.1) is 18.4 Å². The highest BCUT2D eigenvalue weighted by molar-refractivity contribution is 5.88. The van der Waals surface area contributed by atoms with E-state index in [1.54, 1.807) is 12.1 Å². The first-order valence-electron chi connectivity index (χ1n) is 5.06. The monoisotopic (exact) mass is 253 g/mol. The summed E-state index contributed by atoms with van der Waals surface area (Å²) >= 11 is 0. The Bertz CT molecular complexity index is 544. The lowest BCUT2D eigenvalue weighted by atomic mass is 10.2. The van der Waals surface area contributed by atoms with Crippen molar-refractivity contribution in [3.63, 3.8) is 0 Å². The Hall–Kier alpha value is -2.37. The number of benzene rings is 1. The summed E-state index contributed by atoms with van der Waals surface area (Å²) in [6, 6.07) is 4.82. The Morgan fingerprint density at radius 1 is 1.33 bits per heavy atom. The van der Waals surface area contributed by atoms with Gasteiger partial charge in [0.1, 0.15) is 23.1 Å². The van der Waals surface area contributed by atoms with E-state index in [0.717, 1.165) is 12.1 Å². The second-order valence-electron chi connectivity index (χ2n) is 3.55. The summed E-state index contributed by atoms with van der Waals surface area (Å²) in [6.07, 6.45) is 1.44. The largest absolute Gasteiger partial charge is 0.478 e. The molecule has 0 amide bonds. The van der Waals surface area contributed by atoms with Crippen LogP contribution in [0, 0.1) is 11.6 Å². The average molecular weight is 253 g/mol. The maximum absolute atomic E-state index is 13.5. The van der Waals surface area contributed by atoms with E-state index in [4.69, 9.17) is 9.52 Å². The molecule has 6 heteroatoms. The average Bonchev–Trinajstić information content (AvgIpc) is 2.80.